The van der Waals surface area contributed by atoms with Crippen LogP contribution in [-0.2, 0) is 13.0 Å². The lowest BCUT2D eigenvalue weighted by atomic mass is 9.92. The summed E-state index contributed by atoms with van der Waals surface area (Å²) in [6.07, 6.45) is 7.32. The summed E-state index contributed by atoms with van der Waals surface area (Å²) in [6, 6.07) is 25.2. The summed E-state index contributed by atoms with van der Waals surface area (Å²) in [7, 11) is 3.58. The fraction of sp³-hybridized carbons (Fsp3) is 0.219. The molecule has 0 saturated heterocycles. The van der Waals surface area contributed by atoms with Gasteiger partial charge in [0.05, 0.1) is 13.2 Å². The smallest absolute Gasteiger partial charge is 0.161 e. The maximum absolute atomic E-state index is 6.15. The highest BCUT2D eigenvalue weighted by atomic mass is 16.5. The largest absolute Gasteiger partial charge is 0.493 e. The number of pyridine rings is 1. The highest BCUT2D eigenvalue weighted by Crippen LogP contribution is 2.36. The van der Waals surface area contributed by atoms with Gasteiger partial charge >= 0.3 is 0 Å². The van der Waals surface area contributed by atoms with Gasteiger partial charge in [-0.05, 0) is 71.0 Å². The molecule has 1 aliphatic heterocycles. The minimum absolute atomic E-state index is 0.109. The Bertz CT molecular complexity index is 1380. The fourth-order valence-electron chi connectivity index (χ4n) is 4.73. The third-order valence-corrected chi connectivity index (χ3v) is 6.85. The average Bonchev–Trinajstić information content (AvgIpc) is 2.95. The van der Waals surface area contributed by atoms with Crippen LogP contribution in [-0.4, -0.2) is 25.7 Å². The molecule has 37 heavy (non-hydrogen) atoms. The number of fused-ring (bicyclic) bond motifs is 1. The average molecular weight is 492 g/mol. The van der Waals surface area contributed by atoms with Gasteiger partial charge in [-0.3, -0.25) is 0 Å². The van der Waals surface area contributed by atoms with Gasteiger partial charge in [0.25, 0.3) is 0 Å². The second kappa shape index (κ2) is 11.3. The van der Waals surface area contributed by atoms with Crippen LogP contribution >= 0.6 is 0 Å². The van der Waals surface area contributed by atoms with Crippen LogP contribution in [0.4, 0.5) is 5.82 Å². The number of nitrogens with one attached hydrogen (secondary N) is 2. The summed E-state index contributed by atoms with van der Waals surface area (Å²) in [5, 5.41) is 6.71. The Kier molecular flexibility index (Phi) is 7.52. The van der Waals surface area contributed by atoms with Crippen LogP contribution in [0.5, 0.6) is 11.5 Å². The molecule has 5 rings (SSSR count). The van der Waals surface area contributed by atoms with Crippen LogP contribution in [0.25, 0.3) is 17.2 Å². The molecule has 3 aromatic carbocycles. The number of aryl methyl sites for hydroxylation is 1. The molecule has 1 aliphatic rings. The summed E-state index contributed by atoms with van der Waals surface area (Å²) in [4.78, 5) is 4.44. The molecule has 1 aromatic heterocycles. The zero-order valence-electron chi connectivity index (χ0n) is 21.6. The highest BCUT2D eigenvalue weighted by Gasteiger charge is 2.21. The van der Waals surface area contributed by atoms with Gasteiger partial charge in [-0.2, -0.15) is 0 Å². The number of benzene rings is 3. The summed E-state index contributed by atoms with van der Waals surface area (Å²) in [6.45, 7) is 3.59. The van der Waals surface area contributed by atoms with Crippen molar-refractivity contribution in [3.05, 3.63) is 113 Å². The lowest BCUT2D eigenvalue weighted by molar-refractivity contribution is 0.283. The number of hydrogen-bond donors (Lipinski definition) is 2. The van der Waals surface area contributed by atoms with Gasteiger partial charge in [0, 0.05) is 25.4 Å². The Labute approximate surface area is 219 Å². The molecule has 0 radical (unpaired) electrons. The molecule has 1 atom stereocenters. The predicted octanol–water partition coefficient (Wildman–Crippen LogP) is 6.59. The van der Waals surface area contributed by atoms with E-state index >= 15 is 0 Å². The van der Waals surface area contributed by atoms with E-state index in [0.717, 1.165) is 41.4 Å². The quantitative estimate of drug-likeness (QED) is 0.291. The molecule has 0 aliphatic carbocycles. The van der Waals surface area contributed by atoms with E-state index in [9.17, 15) is 0 Å². The van der Waals surface area contributed by atoms with Crippen molar-refractivity contribution in [2.75, 3.05) is 26.0 Å². The monoisotopic (exact) mass is 491 g/mol. The van der Waals surface area contributed by atoms with Crippen molar-refractivity contribution >= 4 is 11.9 Å². The Morgan fingerprint density at radius 1 is 1.00 bits per heavy atom. The number of aromatic nitrogens is 1. The van der Waals surface area contributed by atoms with Crippen molar-refractivity contribution in [1.82, 2.24) is 10.3 Å². The third kappa shape index (κ3) is 5.68. The van der Waals surface area contributed by atoms with Gasteiger partial charge in [-0.25, -0.2) is 4.98 Å². The van der Waals surface area contributed by atoms with E-state index in [4.69, 9.17) is 9.47 Å². The van der Waals surface area contributed by atoms with Crippen molar-refractivity contribution in [3.8, 4) is 22.6 Å². The van der Waals surface area contributed by atoms with E-state index in [-0.39, 0.29) is 6.04 Å². The van der Waals surface area contributed by atoms with Crippen LogP contribution in [0, 0.1) is 6.92 Å². The number of hydrogen-bond acceptors (Lipinski definition) is 5. The molecule has 5 nitrogen and oxygen atoms in total. The summed E-state index contributed by atoms with van der Waals surface area (Å²) >= 11 is 0. The van der Waals surface area contributed by atoms with Gasteiger partial charge in [-0.15, -0.1) is 0 Å². The molecular formula is C32H33N3O2. The number of ether oxygens (including phenoxy) is 2. The van der Waals surface area contributed by atoms with Gasteiger partial charge in [0.2, 0.25) is 0 Å². The molecule has 4 aromatic rings. The van der Waals surface area contributed by atoms with Crippen molar-refractivity contribution in [2.24, 2.45) is 0 Å². The molecule has 2 heterocycles. The SMILES string of the molecule is CNc1ccc(-c2ccc(/C=C/C3NCCc4cc(OCc5ccccc5)c(OC)cc43)c(C)c2)cn1. The Morgan fingerprint density at radius 3 is 2.57 bits per heavy atom. The number of rotatable bonds is 8. The van der Waals surface area contributed by atoms with Crippen molar-refractivity contribution in [3.63, 3.8) is 0 Å². The molecule has 188 valence electrons. The summed E-state index contributed by atoms with van der Waals surface area (Å²) in [5.41, 5.74) is 8.36. The molecule has 2 N–H and O–H groups in total. The van der Waals surface area contributed by atoms with Crippen molar-refractivity contribution < 1.29 is 9.47 Å². The molecule has 0 spiro atoms. The zero-order chi connectivity index (χ0) is 25.6. The van der Waals surface area contributed by atoms with E-state index in [1.54, 1.807) is 7.11 Å². The summed E-state index contributed by atoms with van der Waals surface area (Å²) in [5.74, 6) is 2.42. The van der Waals surface area contributed by atoms with E-state index in [0.29, 0.717) is 6.61 Å². The topological polar surface area (TPSA) is 55.4 Å². The molecule has 0 saturated carbocycles. The van der Waals surface area contributed by atoms with Crippen molar-refractivity contribution in [2.45, 2.75) is 26.0 Å². The molecule has 1 unspecified atom stereocenters. The third-order valence-electron chi connectivity index (χ3n) is 6.85. The highest BCUT2D eigenvalue weighted by molar-refractivity contribution is 5.68. The van der Waals surface area contributed by atoms with Crippen LogP contribution in [0.3, 0.4) is 0 Å². The number of anilines is 1. The number of methoxy groups -OCH3 is 1. The molecule has 0 bridgehead atoms. The second-order valence-electron chi connectivity index (χ2n) is 9.27. The first-order valence-corrected chi connectivity index (χ1v) is 12.7. The van der Waals surface area contributed by atoms with E-state index < -0.39 is 0 Å². The van der Waals surface area contributed by atoms with Crippen LogP contribution < -0.4 is 20.1 Å². The standard InChI is InChI=1S/C32H33N3O2/c1-22-17-25(27-12-14-32(33-2)35-20-27)10-9-24(22)11-13-29-28-19-30(36-3)31(18-26(28)15-16-34-29)37-21-23-7-5-4-6-8-23/h4-14,17-20,29,34H,15-16,21H2,1-3H3,(H,33,35)/b13-11+. The summed E-state index contributed by atoms with van der Waals surface area (Å²) < 4.78 is 11.9. The van der Waals surface area contributed by atoms with Crippen LogP contribution in [0.1, 0.15) is 33.9 Å². The van der Waals surface area contributed by atoms with E-state index in [1.807, 2.05) is 37.5 Å². The normalized spacial score (nSPS) is 14.8. The molecule has 0 amide bonds. The predicted molar refractivity (Wildman–Crippen MR) is 151 cm³/mol. The zero-order valence-corrected chi connectivity index (χ0v) is 21.6. The molecular weight excluding hydrogens is 458 g/mol. The Hall–Kier alpha value is -4.09. The maximum atomic E-state index is 6.15. The minimum Gasteiger partial charge on any atom is -0.493 e. The minimum atomic E-state index is 0.109. The van der Waals surface area contributed by atoms with E-state index in [1.165, 1.54) is 27.8 Å². The lowest BCUT2D eigenvalue weighted by Crippen LogP contribution is -2.28. The van der Waals surface area contributed by atoms with Gasteiger partial charge < -0.3 is 20.1 Å². The van der Waals surface area contributed by atoms with Crippen LogP contribution in [0.15, 0.2) is 85.1 Å². The van der Waals surface area contributed by atoms with Gasteiger partial charge in [0.15, 0.2) is 11.5 Å². The first-order valence-electron chi connectivity index (χ1n) is 12.7. The fourth-order valence-corrected chi connectivity index (χ4v) is 4.73. The van der Waals surface area contributed by atoms with Crippen molar-refractivity contribution in [1.29, 1.82) is 0 Å². The molecule has 0 fully saturated rings. The first kappa shape index (κ1) is 24.6. The molecule has 5 heteroatoms. The Morgan fingerprint density at radius 2 is 1.84 bits per heavy atom. The Balaban J connectivity index is 1.34. The van der Waals surface area contributed by atoms with E-state index in [2.05, 4.69) is 83.2 Å². The van der Waals surface area contributed by atoms with Gasteiger partial charge in [0.1, 0.15) is 12.4 Å². The lowest BCUT2D eigenvalue weighted by Gasteiger charge is -2.26. The second-order valence-corrected chi connectivity index (χ2v) is 9.27. The van der Waals surface area contributed by atoms with Crippen LogP contribution in [0.2, 0.25) is 0 Å². The van der Waals surface area contributed by atoms with Gasteiger partial charge in [-0.1, -0.05) is 60.7 Å². The maximum Gasteiger partial charge on any atom is 0.161 e. The number of nitrogens with zero attached hydrogens (tertiary/aromatic N) is 1. The first-order chi connectivity index (χ1) is 18.1.